The molecule has 17 heteroatoms. The zero-order valence-electron chi connectivity index (χ0n) is 44.4. The highest BCUT2D eigenvalue weighted by Crippen LogP contribution is 2.31. The predicted molar refractivity (Wildman–Crippen MR) is 292 cm³/mol. The molecule has 0 saturated carbocycles. The van der Waals surface area contributed by atoms with E-state index in [1.807, 2.05) is 34.1 Å². The van der Waals surface area contributed by atoms with Crippen molar-refractivity contribution in [2.45, 2.75) is 137 Å². The maximum atomic E-state index is 12.2. The lowest BCUT2D eigenvalue weighted by molar-refractivity contribution is -0.156. The summed E-state index contributed by atoms with van der Waals surface area (Å²) in [7, 11) is 0. The largest absolute Gasteiger partial charge is 0.445 e. The van der Waals surface area contributed by atoms with Gasteiger partial charge >= 0.3 is 24.1 Å². The normalized spacial score (nSPS) is 20.7. The number of piperidine rings is 3. The summed E-state index contributed by atoms with van der Waals surface area (Å²) in [5, 5.41) is 1.53. The first-order valence-corrected chi connectivity index (χ1v) is 26.4. The van der Waals surface area contributed by atoms with Gasteiger partial charge in [0.05, 0.1) is 0 Å². The summed E-state index contributed by atoms with van der Waals surface area (Å²) < 4.78 is 14.3. The molecular formula is C55H85Cl3N6O8. The number of hydrogen-bond acceptors (Lipinski definition) is 11. The molecule has 0 bridgehead atoms. The van der Waals surface area contributed by atoms with Crippen LogP contribution >= 0.6 is 35.6 Å². The van der Waals surface area contributed by atoms with Crippen molar-refractivity contribution in [3.05, 3.63) is 95.0 Å². The van der Waals surface area contributed by atoms with Crippen molar-refractivity contribution in [2.24, 2.45) is 5.92 Å². The van der Waals surface area contributed by atoms with Crippen LogP contribution in [0.3, 0.4) is 0 Å². The fourth-order valence-corrected chi connectivity index (χ4v) is 10.2. The quantitative estimate of drug-likeness (QED) is 0.0822. The molecule has 14 nitrogen and oxygen atoms in total. The third-order valence-electron chi connectivity index (χ3n) is 13.7. The number of esters is 2. The highest BCUT2D eigenvalue weighted by molar-refractivity contribution is 6.30. The van der Waals surface area contributed by atoms with Gasteiger partial charge in [0.2, 0.25) is 5.91 Å². The number of carbonyl (C=O) groups excluding carboxylic acids is 5. The fraction of sp³-hybridized carbons (Fsp3) is 0.618. The molecule has 0 N–H and O–H groups in total. The molecule has 0 radical (unpaired) electrons. The van der Waals surface area contributed by atoms with E-state index >= 15 is 0 Å². The zero-order chi connectivity index (χ0) is 52.5. The Labute approximate surface area is 447 Å². The van der Waals surface area contributed by atoms with Gasteiger partial charge < -0.3 is 33.8 Å². The van der Waals surface area contributed by atoms with E-state index in [2.05, 4.69) is 91.5 Å². The molecule has 3 amide bonds. The number of nitrogens with zero attached hydrogens (tertiary/aromatic N) is 6. The number of benzene rings is 2. The lowest BCUT2D eigenvalue weighted by Gasteiger charge is -2.50. The fourth-order valence-electron chi connectivity index (χ4n) is 9.90. The maximum absolute atomic E-state index is 12.2. The summed E-state index contributed by atoms with van der Waals surface area (Å²) in [6.07, 6.45) is 11.1. The van der Waals surface area contributed by atoms with Crippen molar-refractivity contribution in [1.82, 2.24) is 29.4 Å². The van der Waals surface area contributed by atoms with E-state index in [4.69, 9.17) is 32.7 Å². The van der Waals surface area contributed by atoms with E-state index in [-0.39, 0.29) is 55.8 Å². The van der Waals surface area contributed by atoms with Crippen LogP contribution in [0.2, 0.25) is 10.0 Å². The second-order valence-corrected chi connectivity index (χ2v) is 19.8. The summed E-state index contributed by atoms with van der Waals surface area (Å²) in [6, 6.07) is 18.2. The Kier molecular flexibility index (Phi) is 30.5. The van der Waals surface area contributed by atoms with Crippen LogP contribution in [0.1, 0.15) is 105 Å². The Bertz CT molecular complexity index is 1920. The molecule has 0 spiro atoms. The number of carbonyl (C=O) groups is 5. The topological polar surface area (TPSA) is 132 Å². The molecule has 6 rings (SSSR count). The van der Waals surface area contributed by atoms with Gasteiger partial charge in [0.15, 0.2) is 0 Å². The number of rotatable bonds is 13. The van der Waals surface area contributed by atoms with Crippen molar-refractivity contribution < 1.29 is 38.2 Å². The molecule has 4 heterocycles. The minimum absolute atomic E-state index is 0. The zero-order valence-corrected chi connectivity index (χ0v) is 46.7. The molecule has 0 aliphatic carbocycles. The Balaban J connectivity index is 0.000000387. The van der Waals surface area contributed by atoms with E-state index in [1.165, 1.54) is 57.5 Å². The van der Waals surface area contributed by atoms with Gasteiger partial charge in [-0.3, -0.25) is 24.2 Å². The molecule has 2 aromatic carbocycles. The monoisotopic (exact) mass is 1060 g/mol. The van der Waals surface area contributed by atoms with Gasteiger partial charge in [-0.1, -0.05) is 100 Å². The van der Waals surface area contributed by atoms with Crippen LogP contribution in [0.25, 0.3) is 0 Å². The lowest BCUT2D eigenvalue weighted by atomic mass is 9.87. The third-order valence-corrected chi connectivity index (χ3v) is 14.2. The minimum Gasteiger partial charge on any atom is -0.445 e. The first kappa shape index (κ1) is 63.9. The summed E-state index contributed by atoms with van der Waals surface area (Å²) >= 11 is 12.1. The summed E-state index contributed by atoms with van der Waals surface area (Å²) in [6.45, 7) is 32.0. The van der Waals surface area contributed by atoms with Crippen LogP contribution in [0.4, 0.5) is 9.59 Å². The summed E-state index contributed by atoms with van der Waals surface area (Å²) in [5.41, 5.74) is 2.58. The molecule has 4 saturated heterocycles. The Morgan fingerprint density at radius 2 is 1.01 bits per heavy atom. The molecular weight excluding hydrogens is 979 g/mol. The van der Waals surface area contributed by atoms with Gasteiger partial charge in [0, 0.05) is 107 Å². The average Bonchev–Trinajstić information content (AvgIpc) is 3.35. The number of piperazine rings is 1. The number of amides is 3. The third kappa shape index (κ3) is 22.5. The molecule has 0 aromatic heterocycles. The molecule has 4 fully saturated rings. The molecule has 2 aromatic rings. The minimum atomic E-state index is -0.562. The Morgan fingerprint density at radius 3 is 1.36 bits per heavy atom. The van der Waals surface area contributed by atoms with Gasteiger partial charge in [-0.15, -0.1) is 12.4 Å². The smallest absolute Gasteiger partial charge is 0.410 e. The number of ether oxygens (including phenoxy) is 3. The Hall–Kier alpha value is -4.18. The van der Waals surface area contributed by atoms with Crippen molar-refractivity contribution >= 4 is 65.6 Å². The van der Waals surface area contributed by atoms with Gasteiger partial charge in [0.1, 0.15) is 13.2 Å². The first-order valence-electron chi connectivity index (χ1n) is 25.7. The number of hydrogen-bond donors (Lipinski definition) is 0. The SMILES string of the molecule is C=CCOC(=O)N1CCC(N2C[C@H](C)CCC2Cc2ccc(Cl)cc2)CC1.C=CCOC(=O)N1CCC(N2C[C@H](C)N(C(C)=O)CC2Cc2ccc(Cl)cc2)CC1.CC(=O)OC(C)=O.CCN(CC)CC.Cl. The van der Waals surface area contributed by atoms with Crippen LogP contribution in [0.5, 0.6) is 0 Å². The van der Waals surface area contributed by atoms with Crippen LogP contribution < -0.4 is 0 Å². The second-order valence-electron chi connectivity index (χ2n) is 18.9. The summed E-state index contributed by atoms with van der Waals surface area (Å²) in [4.78, 5) is 69.2. The van der Waals surface area contributed by atoms with E-state index in [0.29, 0.717) is 31.2 Å². The lowest BCUT2D eigenvalue weighted by Crippen LogP contribution is -2.63. The van der Waals surface area contributed by atoms with Crippen molar-refractivity contribution in [2.75, 3.05) is 78.7 Å². The maximum Gasteiger partial charge on any atom is 0.410 e. The first-order chi connectivity index (χ1) is 33.9. The summed E-state index contributed by atoms with van der Waals surface area (Å²) in [5.74, 6) is -0.259. The standard InChI is InChI=1S/C23H32ClN3O3.C22H31ClN2O2.C6H15N.C4H6O3.ClH/c1-4-13-30-23(29)25-11-9-21(10-12-25)27-15-17(2)26(18(3)28)16-22(27)14-19-5-7-20(24)8-6-19;1-3-14-27-22(26)24-12-10-20(11-13-24)25-16-17(2)4-9-21(25)15-18-5-7-19(23)8-6-18;1-4-7(5-2)6-3;1-3(5)7-4(2)6;/h4-8,17,21-22H,1,9-16H2,2-3H3;3,5-8,17,20-21H,1,4,9-16H2,2H3;4-6H2,1-3H3;1-2H3;1H/t17-,22?;17-,21?;;;/m01.../s1. The molecule has 2 unspecified atom stereocenters. The van der Waals surface area contributed by atoms with Crippen molar-refractivity contribution in [3.8, 4) is 0 Å². The average molecular weight is 1060 g/mol. The highest BCUT2D eigenvalue weighted by atomic mass is 35.5. The molecule has 4 aliphatic rings. The second kappa shape index (κ2) is 34.3. The molecule has 72 heavy (non-hydrogen) atoms. The van der Waals surface area contributed by atoms with E-state index in [9.17, 15) is 24.0 Å². The van der Waals surface area contributed by atoms with Crippen LogP contribution in [0.15, 0.2) is 73.8 Å². The van der Waals surface area contributed by atoms with Crippen molar-refractivity contribution in [3.63, 3.8) is 0 Å². The molecule has 4 aliphatic heterocycles. The van der Waals surface area contributed by atoms with Gasteiger partial charge in [-0.05, 0) is 119 Å². The van der Waals surface area contributed by atoms with Gasteiger partial charge in [-0.25, -0.2) is 9.59 Å². The highest BCUT2D eigenvalue weighted by Gasteiger charge is 2.39. The van der Waals surface area contributed by atoms with Crippen LogP contribution in [0, 0.1) is 5.92 Å². The van der Waals surface area contributed by atoms with E-state index < -0.39 is 11.9 Å². The van der Waals surface area contributed by atoms with Gasteiger partial charge in [0.25, 0.3) is 0 Å². The molecule has 4 atom stereocenters. The van der Waals surface area contributed by atoms with Crippen LogP contribution in [-0.2, 0) is 41.4 Å². The Morgan fingerprint density at radius 1 is 0.611 bits per heavy atom. The van der Waals surface area contributed by atoms with Crippen LogP contribution in [-0.4, -0.2) is 168 Å². The van der Waals surface area contributed by atoms with E-state index in [0.717, 1.165) is 87.2 Å². The van der Waals surface area contributed by atoms with Gasteiger partial charge in [-0.2, -0.15) is 0 Å². The number of likely N-dealkylation sites (tertiary alicyclic amines) is 3. The predicted octanol–water partition coefficient (Wildman–Crippen LogP) is 10.2. The van der Waals surface area contributed by atoms with Crippen molar-refractivity contribution in [1.29, 1.82) is 0 Å². The molecule has 404 valence electrons. The van der Waals surface area contributed by atoms with E-state index in [1.54, 1.807) is 24.0 Å². The number of halogens is 3.